The molecule has 3 aliphatic carbocycles. The zero-order valence-electron chi connectivity index (χ0n) is 38.0. The molecule has 3 aliphatic rings. The fourth-order valence-electron chi connectivity index (χ4n) is 12.6. The third kappa shape index (κ3) is 5.26. The second kappa shape index (κ2) is 13.4. The van der Waals surface area contributed by atoms with E-state index in [-0.39, 0.29) is 16.2 Å². The van der Waals surface area contributed by atoms with Crippen molar-refractivity contribution < 1.29 is 0 Å². The Kier molecular flexibility index (Phi) is 7.86. The summed E-state index contributed by atoms with van der Waals surface area (Å²) in [7, 11) is 0. The number of hydrogen-bond donors (Lipinski definition) is 0. The van der Waals surface area contributed by atoms with Gasteiger partial charge in [-0.25, -0.2) is 0 Å². The minimum Gasteiger partial charge on any atom is -0.0622 e. The van der Waals surface area contributed by atoms with Crippen molar-refractivity contribution in [2.24, 2.45) is 0 Å². The quantitative estimate of drug-likeness (QED) is 0.166. The first kappa shape index (κ1) is 38.2. The van der Waals surface area contributed by atoms with Crippen LogP contribution < -0.4 is 0 Å². The zero-order chi connectivity index (χ0) is 44.0. The van der Waals surface area contributed by atoms with E-state index in [0.29, 0.717) is 0 Å². The average Bonchev–Trinajstić information content (AvgIpc) is 3.82. The van der Waals surface area contributed by atoms with Gasteiger partial charge in [-0.3, -0.25) is 0 Å². The highest BCUT2D eigenvalue weighted by atomic mass is 14.5. The Morgan fingerprint density at radius 3 is 1.09 bits per heavy atom. The largest absolute Gasteiger partial charge is 0.0622 e. The number of hydrogen-bond acceptors (Lipinski definition) is 0. The Labute approximate surface area is 382 Å². The Morgan fingerprint density at radius 1 is 0.231 bits per heavy atom. The van der Waals surface area contributed by atoms with Gasteiger partial charge in [0.15, 0.2) is 0 Å². The topological polar surface area (TPSA) is 0 Å². The van der Waals surface area contributed by atoms with E-state index in [0.717, 1.165) is 0 Å². The second-order valence-corrected chi connectivity index (χ2v) is 20.4. The van der Waals surface area contributed by atoms with Crippen molar-refractivity contribution in [3.63, 3.8) is 0 Å². The Morgan fingerprint density at radius 2 is 0.569 bits per heavy atom. The highest BCUT2D eigenvalue weighted by Crippen LogP contribution is 2.63. The lowest BCUT2D eigenvalue weighted by atomic mass is 9.72. The van der Waals surface area contributed by atoms with E-state index in [1.54, 1.807) is 0 Å². The highest BCUT2D eigenvalue weighted by Gasteiger charge is 2.48. The number of benzene rings is 10. The van der Waals surface area contributed by atoms with Gasteiger partial charge in [-0.05, 0) is 157 Å². The van der Waals surface area contributed by atoms with Gasteiger partial charge in [0, 0.05) is 16.2 Å². The van der Waals surface area contributed by atoms with Crippen LogP contribution in [0.15, 0.2) is 194 Å². The summed E-state index contributed by atoms with van der Waals surface area (Å²) < 4.78 is 0. The van der Waals surface area contributed by atoms with Crippen molar-refractivity contribution in [3.8, 4) is 77.9 Å². The average molecular weight is 831 g/mol. The van der Waals surface area contributed by atoms with E-state index in [4.69, 9.17) is 0 Å². The van der Waals surface area contributed by atoms with Crippen LogP contribution in [0, 0.1) is 0 Å². The molecule has 65 heavy (non-hydrogen) atoms. The molecule has 0 unspecified atom stereocenters. The van der Waals surface area contributed by atoms with Gasteiger partial charge in [0.25, 0.3) is 0 Å². The van der Waals surface area contributed by atoms with Crippen molar-refractivity contribution in [2.75, 3.05) is 0 Å². The summed E-state index contributed by atoms with van der Waals surface area (Å²) in [5.41, 5.74) is 26.5. The molecule has 10 aromatic carbocycles. The third-order valence-electron chi connectivity index (χ3n) is 15.8. The Hall–Kier alpha value is -7.28. The van der Waals surface area contributed by atoms with E-state index in [1.807, 2.05) is 0 Å². The molecule has 0 N–H and O–H groups in total. The summed E-state index contributed by atoms with van der Waals surface area (Å²) in [6.07, 6.45) is 0. The van der Waals surface area contributed by atoms with Gasteiger partial charge in [-0.15, -0.1) is 0 Å². The van der Waals surface area contributed by atoms with Gasteiger partial charge in [0.2, 0.25) is 0 Å². The molecule has 0 fully saturated rings. The molecular weight excluding hydrogens is 781 g/mol. The normalized spacial score (nSPS) is 15.3. The van der Waals surface area contributed by atoms with Gasteiger partial charge in [-0.1, -0.05) is 211 Å². The first-order chi connectivity index (χ1) is 31.5. The van der Waals surface area contributed by atoms with Gasteiger partial charge in [-0.2, -0.15) is 0 Å². The minimum absolute atomic E-state index is 0.184. The van der Waals surface area contributed by atoms with Crippen LogP contribution in [0.4, 0.5) is 0 Å². The molecule has 0 heteroatoms. The van der Waals surface area contributed by atoms with Crippen LogP contribution in [0.2, 0.25) is 0 Å². The van der Waals surface area contributed by atoms with Crippen LogP contribution in [-0.4, -0.2) is 0 Å². The van der Waals surface area contributed by atoms with Gasteiger partial charge < -0.3 is 0 Å². The summed E-state index contributed by atoms with van der Waals surface area (Å²) in [5, 5.41) is 5.29. The molecule has 0 saturated heterocycles. The standard InChI is InChI=1S/C65H50/c1-63(2)56-37-53-49-33-34-50-59-47-23-15-13-21-45(47)52(44-31-27-42(28-32-44)40-19-11-8-12-20-40)36-58(59)65(5,6)62(50)61(49)64(3,4)55(53)38-54(56)60-48-24-16-14-22-46(48)51(35-57(60)63)43-29-25-41(26-30-43)39-17-9-7-10-18-39/h7-38H,1-6H3. The summed E-state index contributed by atoms with van der Waals surface area (Å²) >= 11 is 0. The molecule has 0 atom stereocenters. The maximum atomic E-state index is 2.60. The molecule has 0 aliphatic heterocycles. The molecule has 0 nitrogen and oxygen atoms in total. The zero-order valence-corrected chi connectivity index (χ0v) is 38.0. The summed E-state index contributed by atoms with van der Waals surface area (Å²) in [4.78, 5) is 0. The molecule has 10 aromatic rings. The number of rotatable bonds is 4. The van der Waals surface area contributed by atoms with Crippen molar-refractivity contribution in [1.82, 2.24) is 0 Å². The van der Waals surface area contributed by atoms with Crippen LogP contribution in [0.5, 0.6) is 0 Å². The van der Waals surface area contributed by atoms with Crippen molar-refractivity contribution in [1.29, 1.82) is 0 Å². The van der Waals surface area contributed by atoms with Crippen LogP contribution in [0.3, 0.4) is 0 Å². The van der Waals surface area contributed by atoms with Crippen molar-refractivity contribution >= 4 is 21.5 Å². The maximum absolute atomic E-state index is 2.60. The first-order valence-electron chi connectivity index (χ1n) is 23.3. The van der Waals surface area contributed by atoms with E-state index >= 15 is 0 Å². The van der Waals surface area contributed by atoms with E-state index in [9.17, 15) is 0 Å². The Balaban J connectivity index is 0.948. The fraction of sp³-hybridized carbons (Fsp3) is 0.138. The molecule has 0 aromatic heterocycles. The van der Waals surface area contributed by atoms with Crippen LogP contribution >= 0.6 is 0 Å². The molecule has 0 saturated carbocycles. The predicted molar refractivity (Wildman–Crippen MR) is 276 cm³/mol. The molecule has 0 bridgehead atoms. The smallest absolute Gasteiger partial charge is 0.0162 e. The van der Waals surface area contributed by atoms with Crippen molar-refractivity contribution in [2.45, 2.75) is 57.8 Å². The lowest BCUT2D eigenvalue weighted by Crippen LogP contribution is -2.24. The van der Waals surface area contributed by atoms with E-state index in [1.165, 1.54) is 133 Å². The van der Waals surface area contributed by atoms with Gasteiger partial charge >= 0.3 is 0 Å². The van der Waals surface area contributed by atoms with Gasteiger partial charge in [0.05, 0.1) is 0 Å². The molecule has 0 spiro atoms. The van der Waals surface area contributed by atoms with Crippen LogP contribution in [0.25, 0.3) is 99.4 Å². The molecule has 0 radical (unpaired) electrons. The summed E-state index contributed by atoms with van der Waals surface area (Å²) in [6.45, 7) is 14.8. The molecule has 13 rings (SSSR count). The predicted octanol–water partition coefficient (Wildman–Crippen LogP) is 17.6. The molecular formula is C65H50. The van der Waals surface area contributed by atoms with Crippen LogP contribution in [-0.2, 0) is 16.2 Å². The third-order valence-corrected chi connectivity index (χ3v) is 15.8. The second-order valence-electron chi connectivity index (χ2n) is 20.4. The maximum Gasteiger partial charge on any atom is 0.0162 e. The lowest BCUT2D eigenvalue weighted by molar-refractivity contribution is 0.601. The van der Waals surface area contributed by atoms with Gasteiger partial charge in [0.1, 0.15) is 0 Å². The van der Waals surface area contributed by atoms with E-state index in [2.05, 4.69) is 236 Å². The molecule has 0 amide bonds. The molecule has 0 heterocycles. The fourth-order valence-corrected chi connectivity index (χ4v) is 12.6. The minimum atomic E-state index is -0.210. The highest BCUT2D eigenvalue weighted by molar-refractivity contribution is 6.12. The monoisotopic (exact) mass is 830 g/mol. The summed E-state index contributed by atoms with van der Waals surface area (Å²) in [5.74, 6) is 0. The van der Waals surface area contributed by atoms with Crippen molar-refractivity contribution in [3.05, 3.63) is 228 Å². The number of fused-ring (bicyclic) bond motifs is 14. The molecule has 310 valence electrons. The van der Waals surface area contributed by atoms with E-state index < -0.39 is 0 Å². The Bertz CT molecular complexity index is 3620. The van der Waals surface area contributed by atoms with Crippen LogP contribution in [0.1, 0.15) is 74.9 Å². The summed E-state index contributed by atoms with van der Waals surface area (Å²) in [6, 6.07) is 73.1. The lowest BCUT2D eigenvalue weighted by Gasteiger charge is -2.31. The first-order valence-corrected chi connectivity index (χ1v) is 23.3. The SMILES string of the molecule is CC1(C)c2cc3c(cc2-c2c1cc(-c1ccc(-c4ccccc4)cc1)c1ccccc21)C(C)(C)c1c-3ccc2c1C(C)(C)c1cc(-c3ccc(-c4ccccc4)cc3)c3ccccc3c1-2.